The summed E-state index contributed by atoms with van der Waals surface area (Å²) in [7, 11) is -4.09. The number of halogens is 4. The highest BCUT2D eigenvalue weighted by molar-refractivity contribution is 7.92. The zero-order valence-electron chi connectivity index (χ0n) is 16.4. The minimum absolute atomic E-state index is 0.0192. The summed E-state index contributed by atoms with van der Waals surface area (Å²) in [5, 5.41) is 2.38. The van der Waals surface area contributed by atoms with Gasteiger partial charge in [-0.15, -0.1) is 13.2 Å². The molecule has 0 saturated heterocycles. The monoisotopic (exact) mass is 484 g/mol. The van der Waals surface area contributed by atoms with Crippen molar-refractivity contribution < 1.29 is 31.1 Å². The zero-order chi connectivity index (χ0) is 23.5. The summed E-state index contributed by atoms with van der Waals surface area (Å²) in [5.41, 5.74) is 1.43. The van der Waals surface area contributed by atoms with E-state index in [0.29, 0.717) is 5.69 Å². The Labute approximate surface area is 187 Å². The fourth-order valence-corrected chi connectivity index (χ4v) is 4.21. The third kappa shape index (κ3) is 6.14. The number of carbonyl (C=O) groups is 1. The van der Waals surface area contributed by atoms with E-state index in [2.05, 4.69) is 14.8 Å². The van der Waals surface area contributed by atoms with E-state index < -0.39 is 28.0 Å². The summed E-state index contributed by atoms with van der Waals surface area (Å²) < 4.78 is 68.4. The van der Waals surface area contributed by atoms with E-state index in [1.807, 2.05) is 6.92 Å². The second-order valence-electron chi connectivity index (χ2n) is 6.64. The Morgan fingerprint density at radius 2 is 1.53 bits per heavy atom. The molecule has 0 aliphatic heterocycles. The topological polar surface area (TPSA) is 84.5 Å². The van der Waals surface area contributed by atoms with Gasteiger partial charge in [-0.25, -0.2) is 8.42 Å². The molecular weight excluding hydrogens is 469 g/mol. The Morgan fingerprint density at radius 1 is 0.938 bits per heavy atom. The lowest BCUT2D eigenvalue weighted by molar-refractivity contribution is -0.274. The summed E-state index contributed by atoms with van der Waals surface area (Å²) in [4.78, 5) is 12.2. The number of hydrogen-bond acceptors (Lipinski definition) is 4. The number of carbonyl (C=O) groups excluding carboxylic acids is 1. The smallest absolute Gasteiger partial charge is 0.406 e. The van der Waals surface area contributed by atoms with Crippen molar-refractivity contribution >= 4 is 38.9 Å². The maximum absolute atomic E-state index is 12.8. The van der Waals surface area contributed by atoms with Gasteiger partial charge in [-0.05, 0) is 61.5 Å². The van der Waals surface area contributed by atoms with Crippen LogP contribution in [0.3, 0.4) is 0 Å². The summed E-state index contributed by atoms with van der Waals surface area (Å²) >= 11 is 6.05. The Hall–Kier alpha value is -3.24. The van der Waals surface area contributed by atoms with E-state index in [4.69, 9.17) is 11.6 Å². The van der Waals surface area contributed by atoms with E-state index in [1.54, 1.807) is 24.3 Å². The van der Waals surface area contributed by atoms with Crippen LogP contribution in [0.4, 0.5) is 24.5 Å². The molecule has 0 atom stereocenters. The Balaban J connectivity index is 1.78. The predicted octanol–water partition coefficient (Wildman–Crippen LogP) is 5.60. The number of nitrogens with one attached hydrogen (secondary N) is 2. The molecule has 0 aromatic heterocycles. The first-order valence-corrected chi connectivity index (χ1v) is 10.9. The molecule has 168 valence electrons. The van der Waals surface area contributed by atoms with Crippen LogP contribution in [0.1, 0.15) is 15.9 Å². The minimum Gasteiger partial charge on any atom is -0.406 e. The fourth-order valence-electron chi connectivity index (χ4n) is 2.63. The van der Waals surface area contributed by atoms with Crippen LogP contribution >= 0.6 is 11.6 Å². The lowest BCUT2D eigenvalue weighted by atomic mass is 10.2. The molecule has 0 saturated carbocycles. The van der Waals surface area contributed by atoms with Crippen LogP contribution in [-0.4, -0.2) is 20.7 Å². The van der Waals surface area contributed by atoms with Gasteiger partial charge in [-0.1, -0.05) is 29.3 Å². The number of alkyl halides is 3. The molecule has 0 unspecified atom stereocenters. The summed E-state index contributed by atoms with van der Waals surface area (Å²) in [6.07, 6.45) is -4.83. The van der Waals surface area contributed by atoms with E-state index in [-0.39, 0.29) is 21.2 Å². The Kier molecular flexibility index (Phi) is 6.65. The Bertz CT molecular complexity index is 1230. The van der Waals surface area contributed by atoms with Gasteiger partial charge < -0.3 is 10.1 Å². The van der Waals surface area contributed by atoms with Crippen LogP contribution in [0.25, 0.3) is 0 Å². The van der Waals surface area contributed by atoms with Crippen molar-refractivity contribution in [1.29, 1.82) is 0 Å². The predicted molar refractivity (Wildman–Crippen MR) is 115 cm³/mol. The van der Waals surface area contributed by atoms with Gasteiger partial charge in [0.25, 0.3) is 15.9 Å². The molecule has 0 aliphatic rings. The molecule has 3 aromatic carbocycles. The number of sulfonamides is 1. The zero-order valence-corrected chi connectivity index (χ0v) is 18.0. The third-order valence-electron chi connectivity index (χ3n) is 4.13. The molecule has 3 aromatic rings. The largest absolute Gasteiger partial charge is 0.573 e. The van der Waals surface area contributed by atoms with Gasteiger partial charge in [-0.3, -0.25) is 9.52 Å². The van der Waals surface area contributed by atoms with Crippen molar-refractivity contribution in [3.8, 4) is 5.75 Å². The molecule has 0 aliphatic carbocycles. The van der Waals surface area contributed by atoms with Crippen LogP contribution in [0.2, 0.25) is 5.02 Å². The number of aryl methyl sites for hydroxylation is 1. The first-order valence-electron chi connectivity index (χ1n) is 8.99. The molecule has 3 rings (SSSR count). The summed E-state index contributed by atoms with van der Waals surface area (Å²) in [6, 6.07) is 14.8. The number of anilines is 2. The molecule has 0 bridgehead atoms. The van der Waals surface area contributed by atoms with Crippen molar-refractivity contribution in [2.75, 3.05) is 10.0 Å². The molecule has 11 heteroatoms. The normalized spacial score (nSPS) is 11.7. The highest BCUT2D eigenvalue weighted by atomic mass is 35.5. The van der Waals surface area contributed by atoms with Crippen molar-refractivity contribution in [1.82, 2.24) is 0 Å². The molecule has 32 heavy (non-hydrogen) atoms. The van der Waals surface area contributed by atoms with Gasteiger partial charge in [0.05, 0.1) is 5.02 Å². The van der Waals surface area contributed by atoms with Gasteiger partial charge in [-0.2, -0.15) is 0 Å². The third-order valence-corrected chi connectivity index (χ3v) is 6.00. The first kappa shape index (κ1) is 23.4. The summed E-state index contributed by atoms with van der Waals surface area (Å²) in [5.74, 6) is -1.13. The van der Waals surface area contributed by atoms with Crippen molar-refractivity contribution in [3.63, 3.8) is 0 Å². The van der Waals surface area contributed by atoms with E-state index >= 15 is 0 Å². The maximum atomic E-state index is 12.8. The van der Waals surface area contributed by atoms with Crippen LogP contribution in [0.15, 0.2) is 71.6 Å². The number of ether oxygens (including phenoxy) is 1. The molecule has 0 spiro atoms. The Morgan fingerprint density at radius 3 is 2.12 bits per heavy atom. The van der Waals surface area contributed by atoms with Crippen LogP contribution < -0.4 is 14.8 Å². The van der Waals surface area contributed by atoms with Crippen molar-refractivity contribution in [2.45, 2.75) is 18.2 Å². The molecular formula is C21H16ClF3N2O4S. The van der Waals surface area contributed by atoms with Gasteiger partial charge in [0.2, 0.25) is 0 Å². The average Bonchev–Trinajstić information content (AvgIpc) is 2.70. The van der Waals surface area contributed by atoms with E-state index in [0.717, 1.165) is 23.8 Å². The second-order valence-corrected chi connectivity index (χ2v) is 8.70. The number of benzene rings is 3. The highest BCUT2D eigenvalue weighted by Gasteiger charge is 2.31. The second kappa shape index (κ2) is 9.09. The van der Waals surface area contributed by atoms with E-state index in [9.17, 15) is 26.4 Å². The van der Waals surface area contributed by atoms with Gasteiger partial charge in [0, 0.05) is 16.9 Å². The molecule has 0 radical (unpaired) electrons. The molecule has 2 N–H and O–H groups in total. The molecule has 1 amide bonds. The lowest BCUT2D eigenvalue weighted by Gasteiger charge is -2.12. The van der Waals surface area contributed by atoms with Crippen LogP contribution in [-0.2, 0) is 10.0 Å². The van der Waals surface area contributed by atoms with Crippen LogP contribution in [0, 0.1) is 6.92 Å². The van der Waals surface area contributed by atoms with Gasteiger partial charge in [0.15, 0.2) is 0 Å². The summed E-state index contributed by atoms with van der Waals surface area (Å²) in [6.45, 7) is 1.86. The fraction of sp³-hybridized carbons (Fsp3) is 0.0952. The van der Waals surface area contributed by atoms with E-state index in [1.165, 1.54) is 24.3 Å². The first-order chi connectivity index (χ1) is 14.9. The number of hydrogen-bond donors (Lipinski definition) is 2. The maximum Gasteiger partial charge on any atom is 0.573 e. The standard InChI is InChI=1S/C21H16ClF3N2O4S/c1-13-2-5-16(6-3-13)27-32(29,30)19-12-14(4-11-18(19)22)20(28)26-15-7-9-17(10-8-15)31-21(23,24)25/h2-12,27H,1H3,(H,26,28). The SMILES string of the molecule is Cc1ccc(NS(=O)(=O)c2cc(C(=O)Nc3ccc(OC(F)(F)F)cc3)ccc2Cl)cc1. The lowest BCUT2D eigenvalue weighted by Crippen LogP contribution is -2.17. The van der Waals surface area contributed by atoms with Gasteiger partial charge >= 0.3 is 6.36 Å². The number of amides is 1. The molecule has 0 heterocycles. The molecule has 6 nitrogen and oxygen atoms in total. The quantitative estimate of drug-likeness (QED) is 0.477. The molecule has 0 fully saturated rings. The number of rotatable bonds is 6. The van der Waals surface area contributed by atoms with Crippen molar-refractivity contribution in [2.24, 2.45) is 0 Å². The minimum atomic E-state index is -4.83. The highest BCUT2D eigenvalue weighted by Crippen LogP contribution is 2.27. The van der Waals surface area contributed by atoms with Crippen LogP contribution in [0.5, 0.6) is 5.75 Å². The van der Waals surface area contributed by atoms with Crippen molar-refractivity contribution in [3.05, 3.63) is 82.9 Å². The van der Waals surface area contributed by atoms with Gasteiger partial charge in [0.1, 0.15) is 10.6 Å². The average molecular weight is 485 g/mol.